The summed E-state index contributed by atoms with van der Waals surface area (Å²) in [5, 5.41) is 0. The number of hydrogen-bond donors (Lipinski definition) is 0. The molecule has 2 aliphatic heterocycles. The predicted molar refractivity (Wildman–Crippen MR) is 94.2 cm³/mol. The second-order valence-corrected chi connectivity index (χ2v) is 6.63. The molecule has 1 saturated heterocycles. The first-order valence-electron chi connectivity index (χ1n) is 8.57. The predicted octanol–water partition coefficient (Wildman–Crippen LogP) is 2.48. The van der Waals surface area contributed by atoms with Gasteiger partial charge in [0.25, 0.3) is 5.91 Å². The highest BCUT2D eigenvalue weighted by Gasteiger charge is 2.60. The van der Waals surface area contributed by atoms with Crippen LogP contribution < -0.4 is 4.90 Å². The molecule has 2 amide bonds. The molecule has 138 valence electrons. The van der Waals surface area contributed by atoms with Gasteiger partial charge < -0.3 is 9.64 Å². The van der Waals surface area contributed by atoms with Crippen LogP contribution in [0.25, 0.3) is 0 Å². The zero-order valence-corrected chi connectivity index (χ0v) is 14.6. The second kappa shape index (κ2) is 6.19. The van der Waals surface area contributed by atoms with Crippen molar-refractivity contribution in [1.82, 2.24) is 4.90 Å². The molecule has 0 bridgehead atoms. The molecule has 2 aliphatic rings. The summed E-state index contributed by atoms with van der Waals surface area (Å²) in [6.07, 6.45) is 0.294. The number of fused-ring (bicyclic) bond motifs is 3. The van der Waals surface area contributed by atoms with Crippen LogP contribution in [0.1, 0.15) is 28.8 Å². The molecular weight excluding hydrogens is 351 g/mol. The molecule has 0 radical (unpaired) electrons. The van der Waals surface area contributed by atoms with Gasteiger partial charge in [0.05, 0.1) is 11.3 Å². The highest BCUT2D eigenvalue weighted by atomic mass is 19.1. The molecule has 4 rings (SSSR count). The Morgan fingerprint density at radius 2 is 1.85 bits per heavy atom. The first-order valence-corrected chi connectivity index (χ1v) is 8.57. The fourth-order valence-electron chi connectivity index (χ4n) is 3.74. The van der Waals surface area contributed by atoms with E-state index < -0.39 is 11.6 Å². The summed E-state index contributed by atoms with van der Waals surface area (Å²) >= 11 is 0. The average Bonchev–Trinajstić information content (AvgIpc) is 3.04. The number of amides is 2. The number of benzene rings is 2. The van der Waals surface area contributed by atoms with E-state index in [1.54, 1.807) is 24.3 Å². The summed E-state index contributed by atoms with van der Waals surface area (Å²) in [5.41, 5.74) is -0.0935. The van der Waals surface area contributed by atoms with E-state index in [4.69, 9.17) is 4.74 Å². The number of likely N-dealkylation sites (N-methyl/N-ethyl adjacent to an activating group) is 1. The third-order valence-electron chi connectivity index (χ3n) is 5.15. The lowest BCUT2D eigenvalue weighted by molar-refractivity contribution is -0.157. The van der Waals surface area contributed by atoms with Crippen molar-refractivity contribution in [2.75, 3.05) is 11.9 Å². The molecule has 2 heterocycles. The van der Waals surface area contributed by atoms with Crippen LogP contribution >= 0.6 is 0 Å². The minimum Gasteiger partial charge on any atom is -0.458 e. The smallest absolute Gasteiger partial charge is 0.354 e. The molecule has 0 aliphatic carbocycles. The van der Waals surface area contributed by atoms with E-state index in [1.807, 2.05) is 0 Å². The third-order valence-corrected chi connectivity index (χ3v) is 5.15. The van der Waals surface area contributed by atoms with E-state index in [1.165, 1.54) is 41.1 Å². The monoisotopic (exact) mass is 368 g/mol. The number of carbonyl (C=O) groups is 3. The maximum absolute atomic E-state index is 13.1. The second-order valence-electron chi connectivity index (χ2n) is 6.63. The molecule has 0 spiro atoms. The van der Waals surface area contributed by atoms with Crippen molar-refractivity contribution in [2.24, 2.45) is 0 Å². The van der Waals surface area contributed by atoms with Crippen LogP contribution in [0.3, 0.4) is 0 Å². The Morgan fingerprint density at radius 3 is 2.59 bits per heavy atom. The normalized spacial score (nSPS) is 21.1. The van der Waals surface area contributed by atoms with Crippen LogP contribution in [0.5, 0.6) is 0 Å². The van der Waals surface area contributed by atoms with E-state index >= 15 is 0 Å². The molecule has 0 N–H and O–H groups in total. The minimum atomic E-state index is -1.50. The maximum Gasteiger partial charge on any atom is 0.354 e. The molecule has 1 fully saturated rings. The van der Waals surface area contributed by atoms with Gasteiger partial charge in [-0.15, -0.1) is 0 Å². The van der Waals surface area contributed by atoms with Gasteiger partial charge >= 0.3 is 5.97 Å². The van der Waals surface area contributed by atoms with Crippen molar-refractivity contribution < 1.29 is 23.5 Å². The van der Waals surface area contributed by atoms with E-state index in [9.17, 15) is 18.8 Å². The van der Waals surface area contributed by atoms with Gasteiger partial charge in [-0.05, 0) is 29.8 Å². The Balaban J connectivity index is 1.69. The Labute approximate surface area is 155 Å². The van der Waals surface area contributed by atoms with Gasteiger partial charge in [-0.3, -0.25) is 14.5 Å². The summed E-state index contributed by atoms with van der Waals surface area (Å²) in [4.78, 5) is 41.1. The average molecular weight is 368 g/mol. The number of anilines is 1. The van der Waals surface area contributed by atoms with Crippen molar-refractivity contribution >= 4 is 23.5 Å². The molecule has 0 saturated carbocycles. The molecule has 2 aromatic carbocycles. The van der Waals surface area contributed by atoms with Gasteiger partial charge in [0.2, 0.25) is 11.6 Å². The lowest BCUT2D eigenvalue weighted by Gasteiger charge is -2.46. The fraction of sp³-hybridized carbons (Fsp3) is 0.250. The SMILES string of the molecule is CN1C(=O)c2ccccc2N2C(=O)CCC12C(=O)OCc1ccc(F)cc1. The van der Waals surface area contributed by atoms with Crippen molar-refractivity contribution in [3.63, 3.8) is 0 Å². The van der Waals surface area contributed by atoms with Crippen molar-refractivity contribution in [1.29, 1.82) is 0 Å². The van der Waals surface area contributed by atoms with E-state index in [0.29, 0.717) is 16.8 Å². The van der Waals surface area contributed by atoms with Gasteiger partial charge in [-0.1, -0.05) is 24.3 Å². The Bertz CT molecular complexity index is 943. The maximum atomic E-state index is 13.1. The number of ether oxygens (including phenoxy) is 1. The van der Waals surface area contributed by atoms with E-state index in [-0.39, 0.29) is 37.1 Å². The van der Waals surface area contributed by atoms with Crippen LogP contribution in [0, 0.1) is 5.82 Å². The lowest BCUT2D eigenvalue weighted by atomic mass is 9.97. The molecule has 7 heteroatoms. The Hall–Kier alpha value is -3.22. The van der Waals surface area contributed by atoms with Gasteiger partial charge in [-0.2, -0.15) is 0 Å². The molecule has 0 aromatic heterocycles. The van der Waals surface area contributed by atoms with Crippen LogP contribution in [-0.4, -0.2) is 35.4 Å². The highest BCUT2D eigenvalue weighted by Crippen LogP contribution is 2.44. The zero-order chi connectivity index (χ0) is 19.2. The van der Waals surface area contributed by atoms with E-state index in [2.05, 4.69) is 0 Å². The van der Waals surface area contributed by atoms with Crippen LogP contribution in [0.15, 0.2) is 48.5 Å². The van der Waals surface area contributed by atoms with Crippen LogP contribution in [0.4, 0.5) is 10.1 Å². The number of nitrogens with zero attached hydrogens (tertiary/aromatic N) is 2. The molecule has 2 aromatic rings. The van der Waals surface area contributed by atoms with Crippen molar-refractivity contribution in [3.8, 4) is 0 Å². The molecule has 27 heavy (non-hydrogen) atoms. The van der Waals surface area contributed by atoms with Crippen LogP contribution in [-0.2, 0) is 20.9 Å². The topological polar surface area (TPSA) is 66.9 Å². The molecule has 1 unspecified atom stereocenters. The zero-order valence-electron chi connectivity index (χ0n) is 14.6. The number of hydrogen-bond acceptors (Lipinski definition) is 4. The third kappa shape index (κ3) is 2.50. The highest BCUT2D eigenvalue weighted by molar-refractivity contribution is 6.15. The number of halogens is 1. The summed E-state index contributed by atoms with van der Waals surface area (Å²) in [5.74, 6) is -1.63. The minimum absolute atomic E-state index is 0.0768. The Morgan fingerprint density at radius 1 is 1.15 bits per heavy atom. The summed E-state index contributed by atoms with van der Waals surface area (Å²) in [7, 11) is 1.50. The lowest BCUT2D eigenvalue weighted by Crippen LogP contribution is -2.67. The molecular formula is C20H17FN2O4. The number of esters is 1. The van der Waals surface area contributed by atoms with Gasteiger partial charge in [0.1, 0.15) is 12.4 Å². The van der Waals surface area contributed by atoms with Crippen molar-refractivity contribution in [2.45, 2.75) is 25.1 Å². The first-order chi connectivity index (χ1) is 12.9. The number of para-hydroxylation sites is 1. The van der Waals surface area contributed by atoms with Crippen molar-refractivity contribution in [3.05, 3.63) is 65.5 Å². The molecule has 6 nitrogen and oxygen atoms in total. The van der Waals surface area contributed by atoms with Gasteiger partial charge in [0, 0.05) is 19.9 Å². The number of rotatable bonds is 3. The fourth-order valence-corrected chi connectivity index (χ4v) is 3.74. The molecule has 1 atom stereocenters. The largest absolute Gasteiger partial charge is 0.458 e. The number of carbonyl (C=O) groups excluding carboxylic acids is 3. The summed E-state index contributed by atoms with van der Waals surface area (Å²) in [6.45, 7) is -0.0768. The summed E-state index contributed by atoms with van der Waals surface area (Å²) < 4.78 is 18.5. The van der Waals surface area contributed by atoms with Gasteiger partial charge in [0.15, 0.2) is 0 Å². The first kappa shape index (κ1) is 17.2. The Kier molecular flexibility index (Phi) is 3.95. The van der Waals surface area contributed by atoms with Gasteiger partial charge in [-0.25, -0.2) is 9.18 Å². The van der Waals surface area contributed by atoms with Crippen LogP contribution in [0.2, 0.25) is 0 Å². The standard InChI is InChI=1S/C20H17FN2O4/c1-22-18(25)15-4-2-3-5-16(15)23-17(24)10-11-20(22,23)19(26)27-12-13-6-8-14(21)9-7-13/h2-9H,10-12H2,1H3. The summed E-state index contributed by atoms with van der Waals surface area (Å²) in [6, 6.07) is 12.3. The quantitative estimate of drug-likeness (QED) is 0.781. The van der Waals surface area contributed by atoms with E-state index in [0.717, 1.165) is 0 Å².